The molecule has 0 N–H and O–H groups in total. The first-order valence-corrected chi connectivity index (χ1v) is 0. The summed E-state index contributed by atoms with van der Waals surface area (Å²) in [6.07, 6.45) is 0. The summed E-state index contributed by atoms with van der Waals surface area (Å²) < 4.78 is 0. The standard InChI is InChI=1S/CH4.CH3.2ClH.Zr/h1H4;1H3;2*1H;/q;-1;;;+3/p-2. The van der Waals surface area contributed by atoms with Crippen molar-refractivity contribution in [2.75, 3.05) is 0 Å². The second kappa shape index (κ2) is 50.8. The molecule has 0 aromatic carbocycles. The van der Waals surface area contributed by atoms with Gasteiger partial charge < -0.3 is 32.2 Å². The van der Waals surface area contributed by atoms with Crippen molar-refractivity contribution in [1.82, 2.24) is 0 Å². The summed E-state index contributed by atoms with van der Waals surface area (Å²) in [5.41, 5.74) is 0. The number of rotatable bonds is 0. The maximum Gasteiger partial charge on any atom is 3.00 e. The molecule has 0 unspecified atom stereocenters. The van der Waals surface area contributed by atoms with Crippen LogP contribution in [0, 0.1) is 7.43 Å². The van der Waals surface area contributed by atoms with E-state index in [1.807, 2.05) is 0 Å². The minimum Gasteiger partial charge on any atom is -1.00 e. The quantitative estimate of drug-likeness (QED) is 0.338. The average Bonchev–Trinajstić information content (AvgIpc) is 0. The Balaban J connectivity index is 0. The van der Waals surface area contributed by atoms with Gasteiger partial charge in [-0.05, 0) is 0 Å². The Morgan fingerprint density at radius 2 is 0.800 bits per heavy atom. The minimum absolute atomic E-state index is 0. The van der Waals surface area contributed by atoms with Gasteiger partial charge >= 0.3 is 26.2 Å². The molecule has 5 heavy (non-hydrogen) atoms. The van der Waals surface area contributed by atoms with Crippen molar-refractivity contribution >= 4 is 0 Å². The molecule has 0 fully saturated rings. The van der Waals surface area contributed by atoms with E-state index < -0.39 is 0 Å². The first-order valence-electron chi connectivity index (χ1n) is 0. The maximum absolute atomic E-state index is 0. The summed E-state index contributed by atoms with van der Waals surface area (Å²) in [5, 5.41) is 0. The van der Waals surface area contributed by atoms with Gasteiger partial charge in [0.25, 0.3) is 0 Å². The van der Waals surface area contributed by atoms with Crippen LogP contribution in [0.25, 0.3) is 0 Å². The van der Waals surface area contributed by atoms with E-state index in [9.17, 15) is 0 Å². The van der Waals surface area contributed by atoms with Gasteiger partial charge in [0, 0.05) is 0 Å². The SMILES string of the molecule is C.[CH3-].[Cl-].[Cl-].[Zr+3]. The first kappa shape index (κ1) is 90.1. The Labute approximate surface area is 65.7 Å². The second-order valence-electron chi connectivity index (χ2n) is 0. The molecule has 3 heteroatoms. The zero-order valence-corrected chi connectivity index (χ0v) is 6.23. The smallest absolute Gasteiger partial charge is 1.00 e. The largest absolute Gasteiger partial charge is 3.00 e. The van der Waals surface area contributed by atoms with Gasteiger partial charge in [0.05, 0.1) is 0 Å². The fourth-order valence-corrected chi connectivity index (χ4v) is 0. The Morgan fingerprint density at radius 1 is 0.800 bits per heavy atom. The molecule has 0 nitrogen and oxygen atoms in total. The van der Waals surface area contributed by atoms with Crippen LogP contribution < -0.4 is 24.8 Å². The molecule has 0 saturated heterocycles. The Bertz CT molecular complexity index is 7.61. The third-order valence-corrected chi connectivity index (χ3v) is 0. The first-order chi connectivity index (χ1) is 0. The Morgan fingerprint density at radius 3 is 0.800 bits per heavy atom. The van der Waals surface area contributed by atoms with Gasteiger partial charge in [0.1, 0.15) is 0 Å². The van der Waals surface area contributed by atoms with E-state index in [0.717, 1.165) is 0 Å². The van der Waals surface area contributed by atoms with Gasteiger partial charge in [0.2, 0.25) is 0 Å². The molecule has 0 amide bonds. The van der Waals surface area contributed by atoms with Crippen LogP contribution in [0.2, 0.25) is 0 Å². The van der Waals surface area contributed by atoms with Crippen molar-refractivity contribution in [2.24, 2.45) is 0 Å². The van der Waals surface area contributed by atoms with Gasteiger partial charge in [-0.3, -0.25) is 0 Å². The van der Waals surface area contributed by atoms with Crippen LogP contribution in [-0.2, 0) is 26.2 Å². The molecule has 1 radical (unpaired) electrons. The minimum atomic E-state index is 0. The van der Waals surface area contributed by atoms with E-state index in [0.29, 0.717) is 0 Å². The van der Waals surface area contributed by atoms with Crippen LogP contribution in [0.5, 0.6) is 0 Å². The fraction of sp³-hybridized carbons (Fsp3) is 0.500. The monoisotopic (exact) mass is 191 g/mol. The van der Waals surface area contributed by atoms with Crippen LogP contribution in [0.4, 0.5) is 0 Å². The van der Waals surface area contributed by atoms with Crippen molar-refractivity contribution in [1.29, 1.82) is 0 Å². The van der Waals surface area contributed by atoms with Crippen molar-refractivity contribution in [2.45, 2.75) is 7.43 Å². The molecule has 33 valence electrons. The molecular formula is C2H7Cl2Zr. The van der Waals surface area contributed by atoms with Crippen LogP contribution in [0.1, 0.15) is 7.43 Å². The normalized spacial score (nSPS) is 0. The van der Waals surface area contributed by atoms with Crippen LogP contribution >= 0.6 is 0 Å². The molecule has 0 spiro atoms. The van der Waals surface area contributed by atoms with E-state index in [-0.39, 0.29) is 65.9 Å². The Kier molecular flexibility index (Phi) is 916. The fourth-order valence-electron chi connectivity index (χ4n) is 0. The molecule has 0 aliphatic rings. The third kappa shape index (κ3) is 30.6. The predicted molar refractivity (Wildman–Crippen MR) is 13.1 cm³/mol. The second-order valence-corrected chi connectivity index (χ2v) is 0. The average molecular weight is 193 g/mol. The zero-order chi connectivity index (χ0) is 0. The predicted octanol–water partition coefficient (Wildman–Crippen LogP) is -4.91. The molecule has 0 saturated carbocycles. The maximum atomic E-state index is 0. The van der Waals surface area contributed by atoms with E-state index in [1.54, 1.807) is 0 Å². The molecule has 0 rings (SSSR count). The van der Waals surface area contributed by atoms with Crippen LogP contribution in [-0.4, -0.2) is 0 Å². The van der Waals surface area contributed by atoms with Gasteiger partial charge in [-0.2, -0.15) is 0 Å². The number of hydrogen-bond acceptors (Lipinski definition) is 0. The van der Waals surface area contributed by atoms with Crippen molar-refractivity contribution in [3.05, 3.63) is 7.43 Å². The number of hydrogen-bond donors (Lipinski definition) is 0. The van der Waals surface area contributed by atoms with E-state index >= 15 is 0 Å². The number of halogens is 2. The molecule has 0 bridgehead atoms. The Hall–Kier alpha value is 1.46. The summed E-state index contributed by atoms with van der Waals surface area (Å²) in [7, 11) is 0. The van der Waals surface area contributed by atoms with Crippen LogP contribution in [0.3, 0.4) is 0 Å². The molecule has 0 aliphatic carbocycles. The molecule has 0 heterocycles. The summed E-state index contributed by atoms with van der Waals surface area (Å²) >= 11 is 0. The van der Waals surface area contributed by atoms with E-state index in [4.69, 9.17) is 0 Å². The van der Waals surface area contributed by atoms with Gasteiger partial charge in [-0.25, -0.2) is 0 Å². The molecule has 0 aromatic rings. The van der Waals surface area contributed by atoms with Gasteiger partial charge in [-0.15, -0.1) is 0 Å². The molecule has 0 aliphatic heterocycles. The molecule has 0 atom stereocenters. The summed E-state index contributed by atoms with van der Waals surface area (Å²) in [5.74, 6) is 0. The van der Waals surface area contributed by atoms with Crippen molar-refractivity contribution < 1.29 is 51.0 Å². The van der Waals surface area contributed by atoms with E-state index in [1.165, 1.54) is 0 Å². The molecule has 0 aromatic heterocycles. The van der Waals surface area contributed by atoms with Gasteiger partial charge in [-0.1, -0.05) is 7.43 Å². The zero-order valence-electron chi connectivity index (χ0n) is 2.26. The van der Waals surface area contributed by atoms with E-state index in [2.05, 4.69) is 0 Å². The topological polar surface area (TPSA) is 0 Å². The van der Waals surface area contributed by atoms with Crippen molar-refractivity contribution in [3.63, 3.8) is 0 Å². The molecular weight excluding hydrogens is 186 g/mol. The summed E-state index contributed by atoms with van der Waals surface area (Å²) in [6.45, 7) is 0. The summed E-state index contributed by atoms with van der Waals surface area (Å²) in [6, 6.07) is 0. The van der Waals surface area contributed by atoms with Crippen LogP contribution in [0.15, 0.2) is 0 Å². The summed E-state index contributed by atoms with van der Waals surface area (Å²) in [4.78, 5) is 0. The van der Waals surface area contributed by atoms with Gasteiger partial charge in [0.15, 0.2) is 0 Å². The third-order valence-electron chi connectivity index (χ3n) is 0. The van der Waals surface area contributed by atoms with Crippen molar-refractivity contribution in [3.8, 4) is 0 Å².